The second kappa shape index (κ2) is 7.11. The minimum Gasteiger partial charge on any atom is -0.366 e. The first kappa shape index (κ1) is 17.2. The highest BCUT2D eigenvalue weighted by Crippen LogP contribution is 2.34. The molecule has 1 fully saturated rings. The number of nitrogens with zero attached hydrogens (tertiary/aromatic N) is 4. The number of benzene rings is 1. The largest absolute Gasteiger partial charge is 0.366 e. The highest BCUT2D eigenvalue weighted by Gasteiger charge is 2.33. The molecular formula is C19H30N4O. The third-order valence-electron chi connectivity index (χ3n) is 5.38. The Morgan fingerprint density at radius 2 is 1.54 bits per heavy atom. The van der Waals surface area contributed by atoms with Gasteiger partial charge < -0.3 is 14.7 Å². The lowest BCUT2D eigenvalue weighted by Crippen LogP contribution is -2.56. The first-order chi connectivity index (χ1) is 11.5. The molecule has 0 spiro atoms. The normalized spacial score (nSPS) is 21.0. The van der Waals surface area contributed by atoms with Gasteiger partial charge in [-0.3, -0.25) is 9.69 Å². The highest BCUT2D eigenvalue weighted by atomic mass is 16.2. The number of carbonyl (C=O) groups is 1. The molecule has 5 heteroatoms. The number of hydrogen-bond acceptors (Lipinski definition) is 4. The number of amides is 1. The second-order valence-corrected chi connectivity index (χ2v) is 7.28. The molecule has 0 radical (unpaired) electrons. The summed E-state index contributed by atoms with van der Waals surface area (Å²) in [5.74, 6) is 0.232. The minimum atomic E-state index is -0.0580. The average Bonchev–Trinajstić information content (AvgIpc) is 2.60. The van der Waals surface area contributed by atoms with Gasteiger partial charge in [-0.25, -0.2) is 0 Å². The summed E-state index contributed by atoms with van der Waals surface area (Å²) in [5, 5.41) is 0. The van der Waals surface area contributed by atoms with Gasteiger partial charge >= 0.3 is 0 Å². The Hall–Kier alpha value is -1.59. The van der Waals surface area contributed by atoms with Crippen molar-refractivity contribution >= 4 is 17.3 Å². The summed E-state index contributed by atoms with van der Waals surface area (Å²) in [4.78, 5) is 22.2. The van der Waals surface area contributed by atoms with Crippen LogP contribution in [0.3, 0.4) is 0 Å². The van der Waals surface area contributed by atoms with Crippen molar-refractivity contribution in [2.24, 2.45) is 0 Å². The van der Waals surface area contributed by atoms with Gasteiger partial charge in [-0.15, -0.1) is 0 Å². The molecule has 5 nitrogen and oxygen atoms in total. The van der Waals surface area contributed by atoms with E-state index in [1.807, 2.05) is 11.0 Å². The van der Waals surface area contributed by atoms with Crippen molar-refractivity contribution in [1.82, 2.24) is 9.80 Å². The van der Waals surface area contributed by atoms with Crippen LogP contribution in [-0.2, 0) is 4.79 Å². The van der Waals surface area contributed by atoms with E-state index in [1.54, 1.807) is 0 Å². The zero-order chi connectivity index (χ0) is 17.3. The molecule has 1 aromatic carbocycles. The van der Waals surface area contributed by atoms with Crippen molar-refractivity contribution in [3.8, 4) is 0 Å². The van der Waals surface area contributed by atoms with E-state index < -0.39 is 0 Å². The molecule has 1 saturated heterocycles. The van der Waals surface area contributed by atoms with Crippen LogP contribution in [0.2, 0.25) is 0 Å². The summed E-state index contributed by atoms with van der Waals surface area (Å²) >= 11 is 0. The average molecular weight is 330 g/mol. The van der Waals surface area contributed by atoms with Gasteiger partial charge in [-0.05, 0) is 40.0 Å². The van der Waals surface area contributed by atoms with Crippen molar-refractivity contribution in [1.29, 1.82) is 0 Å². The van der Waals surface area contributed by atoms with E-state index in [9.17, 15) is 4.79 Å². The number of likely N-dealkylation sites (N-methyl/N-ethyl adjacent to an activating group) is 1. The van der Waals surface area contributed by atoms with Crippen LogP contribution in [0.15, 0.2) is 24.3 Å². The van der Waals surface area contributed by atoms with Crippen molar-refractivity contribution in [2.45, 2.75) is 32.9 Å². The first-order valence-corrected chi connectivity index (χ1v) is 9.08. The monoisotopic (exact) mass is 330 g/mol. The molecule has 132 valence electrons. The minimum absolute atomic E-state index is 0.0580. The molecule has 1 amide bonds. The van der Waals surface area contributed by atoms with Gasteiger partial charge in [0.15, 0.2) is 0 Å². The van der Waals surface area contributed by atoms with Crippen LogP contribution in [-0.4, -0.2) is 74.1 Å². The smallest absolute Gasteiger partial charge is 0.244 e. The predicted octanol–water partition coefficient (Wildman–Crippen LogP) is 1.88. The number of hydrogen-bond donors (Lipinski definition) is 0. The van der Waals surface area contributed by atoms with Crippen molar-refractivity contribution in [2.75, 3.05) is 56.1 Å². The van der Waals surface area contributed by atoms with E-state index in [2.05, 4.69) is 60.7 Å². The SMILES string of the molecule is CC(C(=O)N1CCN(C(C)C)c2ccccc21)N1CCN(C)CC1. The van der Waals surface area contributed by atoms with Crippen LogP contribution >= 0.6 is 0 Å². The number of piperazine rings is 1. The Kier molecular flexibility index (Phi) is 5.11. The summed E-state index contributed by atoms with van der Waals surface area (Å²) in [5.41, 5.74) is 2.24. The van der Waals surface area contributed by atoms with E-state index in [4.69, 9.17) is 0 Å². The van der Waals surface area contributed by atoms with Crippen LogP contribution < -0.4 is 9.80 Å². The quantitative estimate of drug-likeness (QED) is 0.847. The fourth-order valence-electron chi connectivity index (χ4n) is 3.74. The number of fused-ring (bicyclic) bond motifs is 1. The molecule has 0 saturated carbocycles. The summed E-state index contributed by atoms with van der Waals surface area (Å²) in [7, 11) is 2.14. The lowest BCUT2D eigenvalue weighted by molar-refractivity contribution is -0.123. The van der Waals surface area contributed by atoms with E-state index in [1.165, 1.54) is 5.69 Å². The number of carbonyl (C=O) groups excluding carboxylic acids is 1. The molecule has 2 aliphatic rings. The van der Waals surface area contributed by atoms with Gasteiger partial charge in [0.25, 0.3) is 0 Å². The zero-order valence-corrected chi connectivity index (χ0v) is 15.4. The Labute approximate surface area is 145 Å². The van der Waals surface area contributed by atoms with Crippen molar-refractivity contribution in [3.63, 3.8) is 0 Å². The topological polar surface area (TPSA) is 30.0 Å². The van der Waals surface area contributed by atoms with Gasteiger partial charge in [0.2, 0.25) is 5.91 Å². The van der Waals surface area contributed by atoms with E-state index in [0.29, 0.717) is 6.04 Å². The highest BCUT2D eigenvalue weighted by molar-refractivity contribution is 6.00. The fraction of sp³-hybridized carbons (Fsp3) is 0.632. The Morgan fingerprint density at radius 1 is 0.917 bits per heavy atom. The van der Waals surface area contributed by atoms with Crippen LogP contribution in [0.1, 0.15) is 20.8 Å². The molecule has 3 rings (SSSR count). The lowest BCUT2D eigenvalue weighted by atomic mass is 10.1. The van der Waals surface area contributed by atoms with E-state index in [-0.39, 0.29) is 11.9 Å². The maximum absolute atomic E-state index is 13.2. The zero-order valence-electron chi connectivity index (χ0n) is 15.4. The molecule has 0 aromatic heterocycles. The molecule has 0 bridgehead atoms. The number of rotatable bonds is 3. The van der Waals surface area contributed by atoms with Gasteiger partial charge in [0, 0.05) is 45.3 Å². The van der Waals surface area contributed by atoms with Crippen LogP contribution in [0, 0.1) is 0 Å². The summed E-state index contributed by atoms with van der Waals surface area (Å²) in [6, 6.07) is 8.69. The summed E-state index contributed by atoms with van der Waals surface area (Å²) in [6.45, 7) is 12.2. The Balaban J connectivity index is 1.79. The van der Waals surface area contributed by atoms with Crippen LogP contribution in [0.5, 0.6) is 0 Å². The Morgan fingerprint density at radius 3 is 2.17 bits per heavy atom. The Bertz CT molecular complexity index is 580. The molecule has 0 aliphatic carbocycles. The summed E-state index contributed by atoms with van der Waals surface area (Å²) < 4.78 is 0. The van der Waals surface area contributed by atoms with E-state index >= 15 is 0 Å². The molecule has 2 heterocycles. The lowest BCUT2D eigenvalue weighted by Gasteiger charge is -2.42. The maximum Gasteiger partial charge on any atom is 0.244 e. The van der Waals surface area contributed by atoms with Gasteiger partial charge in [-0.2, -0.15) is 0 Å². The third-order valence-corrected chi connectivity index (χ3v) is 5.38. The fourth-order valence-corrected chi connectivity index (χ4v) is 3.74. The molecule has 1 aromatic rings. The van der Waals surface area contributed by atoms with Crippen molar-refractivity contribution in [3.05, 3.63) is 24.3 Å². The second-order valence-electron chi connectivity index (χ2n) is 7.28. The molecule has 2 aliphatic heterocycles. The number of para-hydroxylation sites is 2. The molecule has 0 N–H and O–H groups in total. The number of anilines is 2. The molecule has 24 heavy (non-hydrogen) atoms. The third kappa shape index (κ3) is 3.28. The maximum atomic E-state index is 13.2. The van der Waals surface area contributed by atoms with Gasteiger partial charge in [0.05, 0.1) is 17.4 Å². The predicted molar refractivity (Wildman–Crippen MR) is 99.8 cm³/mol. The van der Waals surface area contributed by atoms with Gasteiger partial charge in [-0.1, -0.05) is 12.1 Å². The van der Waals surface area contributed by atoms with Gasteiger partial charge in [0.1, 0.15) is 0 Å². The molecular weight excluding hydrogens is 300 g/mol. The van der Waals surface area contributed by atoms with E-state index in [0.717, 1.165) is 45.0 Å². The molecule has 1 atom stereocenters. The standard InChI is InChI=1S/C19H30N4O/c1-15(2)22-13-14-23(18-8-6-5-7-17(18)22)19(24)16(3)21-11-9-20(4)10-12-21/h5-8,15-16H,9-14H2,1-4H3. The van der Waals surface area contributed by atoms with Crippen molar-refractivity contribution < 1.29 is 4.79 Å². The molecule has 1 unspecified atom stereocenters. The summed E-state index contributed by atoms with van der Waals surface area (Å²) in [6.07, 6.45) is 0. The van der Waals surface area contributed by atoms with Crippen LogP contribution in [0.4, 0.5) is 11.4 Å². The van der Waals surface area contributed by atoms with Crippen LogP contribution in [0.25, 0.3) is 0 Å². The first-order valence-electron chi connectivity index (χ1n) is 9.08.